The number of likely N-dealkylation sites (N-methyl/N-ethyl adjacent to an activating group) is 1. The molecule has 0 aliphatic carbocycles. The van der Waals surface area contributed by atoms with E-state index in [0.29, 0.717) is 49.9 Å². The Bertz CT molecular complexity index is 1580. The number of anilines is 2. The molecule has 5 rings (SSSR count). The van der Waals surface area contributed by atoms with Gasteiger partial charge in [0.1, 0.15) is 11.6 Å². The van der Waals surface area contributed by atoms with Gasteiger partial charge in [-0.1, -0.05) is 12.1 Å². The van der Waals surface area contributed by atoms with E-state index in [2.05, 4.69) is 9.88 Å². The number of carbonyl (C=O) groups excluding carboxylic acids is 1. The Morgan fingerprint density at radius 1 is 1.05 bits per heavy atom. The van der Waals surface area contributed by atoms with Crippen molar-refractivity contribution in [3.63, 3.8) is 0 Å². The van der Waals surface area contributed by atoms with Gasteiger partial charge in [-0.05, 0) is 57.2 Å². The van der Waals surface area contributed by atoms with E-state index < -0.39 is 34.6 Å². The number of primary amides is 1. The Hall–Kier alpha value is -4.19. The van der Waals surface area contributed by atoms with Crippen molar-refractivity contribution >= 4 is 23.0 Å². The van der Waals surface area contributed by atoms with Gasteiger partial charge in [0.05, 0.1) is 22.5 Å². The van der Waals surface area contributed by atoms with Crippen LogP contribution >= 0.6 is 0 Å². The number of aromatic nitrogens is 2. The molecule has 0 bridgehead atoms. The van der Waals surface area contributed by atoms with Crippen molar-refractivity contribution in [3.8, 4) is 5.69 Å². The fourth-order valence-electron chi connectivity index (χ4n) is 5.66. The monoisotopic (exact) mass is 584 g/mol. The summed E-state index contributed by atoms with van der Waals surface area (Å²) in [6.45, 7) is 6.06. The molecule has 0 saturated carbocycles. The SMILES string of the molecule is C[C@@H]1CN(c2cc(F)c(C3=CCN(c4ccccn4)CC3)cc2-n2cc(C(N)=O)c(C(F)(F)F)cc2=O)C[C@H](C)N1C. The van der Waals surface area contributed by atoms with E-state index in [1.54, 1.807) is 6.20 Å². The van der Waals surface area contributed by atoms with Crippen LogP contribution in [0.25, 0.3) is 11.3 Å². The highest BCUT2D eigenvalue weighted by Crippen LogP contribution is 2.36. The number of hydrogen-bond donors (Lipinski definition) is 1. The first-order valence-corrected chi connectivity index (χ1v) is 13.6. The zero-order chi connectivity index (χ0) is 30.3. The Morgan fingerprint density at radius 3 is 2.33 bits per heavy atom. The highest BCUT2D eigenvalue weighted by molar-refractivity contribution is 5.94. The standard InChI is InChI=1S/C30H32F4N6O2/c1-18-15-39(16-19(2)37(18)3)25-14-24(31)21(20-7-10-38(11-8-20)27-6-4-5-9-36-27)12-26(25)40-17-22(29(35)42)23(13-28(40)41)30(32,33)34/h4-7,9,12-14,17-19H,8,10-11,15-16H2,1-3H3,(H2,35,42)/t18-,19+. The normalized spacial score (nSPS) is 20.0. The fourth-order valence-corrected chi connectivity index (χ4v) is 5.66. The van der Waals surface area contributed by atoms with Gasteiger partial charge in [-0.2, -0.15) is 13.2 Å². The summed E-state index contributed by atoms with van der Waals surface area (Å²) in [4.78, 5) is 35.8. The molecule has 2 N–H and O–H groups in total. The summed E-state index contributed by atoms with van der Waals surface area (Å²) in [5.41, 5.74) is 3.49. The molecule has 1 saturated heterocycles. The van der Waals surface area contributed by atoms with Gasteiger partial charge < -0.3 is 15.5 Å². The van der Waals surface area contributed by atoms with Crippen LogP contribution in [0.2, 0.25) is 0 Å². The number of nitrogens with two attached hydrogens (primary N) is 1. The third-order valence-corrected chi connectivity index (χ3v) is 8.18. The molecular weight excluding hydrogens is 552 g/mol. The topological polar surface area (TPSA) is 87.7 Å². The molecule has 3 aromatic rings. The summed E-state index contributed by atoms with van der Waals surface area (Å²) in [6, 6.07) is 8.93. The number of hydrogen-bond acceptors (Lipinski definition) is 6. The lowest BCUT2D eigenvalue weighted by atomic mass is 9.96. The highest BCUT2D eigenvalue weighted by atomic mass is 19.4. The van der Waals surface area contributed by atoms with Crippen LogP contribution in [0.5, 0.6) is 0 Å². The average molecular weight is 585 g/mol. The van der Waals surface area contributed by atoms with Crippen LogP contribution in [0.3, 0.4) is 0 Å². The number of amides is 1. The number of rotatable bonds is 5. The first kappa shape index (κ1) is 29.3. The van der Waals surface area contributed by atoms with Gasteiger partial charge in [-0.3, -0.25) is 19.1 Å². The fraction of sp³-hybridized carbons (Fsp3) is 0.367. The smallest absolute Gasteiger partial charge is 0.367 e. The second-order valence-electron chi connectivity index (χ2n) is 10.9. The molecule has 2 aromatic heterocycles. The van der Waals surface area contributed by atoms with Crippen molar-refractivity contribution in [2.24, 2.45) is 5.73 Å². The minimum atomic E-state index is -4.96. The van der Waals surface area contributed by atoms with Crippen molar-refractivity contribution in [1.82, 2.24) is 14.5 Å². The first-order valence-electron chi connectivity index (χ1n) is 13.6. The maximum atomic E-state index is 15.9. The summed E-state index contributed by atoms with van der Waals surface area (Å²) >= 11 is 0. The third-order valence-electron chi connectivity index (χ3n) is 8.18. The molecule has 42 heavy (non-hydrogen) atoms. The predicted molar refractivity (Wildman–Crippen MR) is 153 cm³/mol. The molecule has 2 aliphatic heterocycles. The Balaban J connectivity index is 1.65. The van der Waals surface area contributed by atoms with Crippen LogP contribution in [0.1, 0.15) is 41.8 Å². The maximum absolute atomic E-state index is 15.9. The molecule has 1 fully saturated rings. The molecule has 222 valence electrons. The molecule has 8 nitrogen and oxygen atoms in total. The van der Waals surface area contributed by atoms with Crippen LogP contribution in [0.4, 0.5) is 29.1 Å². The zero-order valence-corrected chi connectivity index (χ0v) is 23.5. The summed E-state index contributed by atoms with van der Waals surface area (Å²) in [5, 5.41) is 0. The van der Waals surface area contributed by atoms with Crippen molar-refractivity contribution in [1.29, 1.82) is 0 Å². The second-order valence-corrected chi connectivity index (χ2v) is 10.9. The minimum absolute atomic E-state index is 0.0773. The molecule has 0 radical (unpaired) electrons. The van der Waals surface area contributed by atoms with E-state index in [1.165, 1.54) is 12.1 Å². The molecule has 2 atom stereocenters. The average Bonchev–Trinajstić information content (AvgIpc) is 2.95. The third kappa shape index (κ3) is 5.63. The van der Waals surface area contributed by atoms with Crippen LogP contribution in [0.15, 0.2) is 59.7 Å². The number of carbonyl (C=O) groups is 1. The van der Waals surface area contributed by atoms with Gasteiger partial charge in [0.2, 0.25) is 0 Å². The summed E-state index contributed by atoms with van der Waals surface area (Å²) < 4.78 is 57.9. The zero-order valence-electron chi connectivity index (χ0n) is 23.5. The number of alkyl halides is 3. The number of halogens is 4. The van der Waals surface area contributed by atoms with Gasteiger partial charge in [0.25, 0.3) is 11.5 Å². The van der Waals surface area contributed by atoms with Crippen molar-refractivity contribution in [2.75, 3.05) is 43.0 Å². The van der Waals surface area contributed by atoms with E-state index in [4.69, 9.17) is 5.73 Å². The van der Waals surface area contributed by atoms with E-state index >= 15 is 4.39 Å². The molecular formula is C30H32F4N6O2. The van der Waals surface area contributed by atoms with Gasteiger partial charge in [-0.15, -0.1) is 0 Å². The molecule has 0 unspecified atom stereocenters. The Kier molecular flexibility index (Phi) is 7.84. The molecule has 12 heteroatoms. The number of benzene rings is 1. The lowest BCUT2D eigenvalue weighted by Gasteiger charge is -2.44. The van der Waals surface area contributed by atoms with E-state index in [9.17, 15) is 22.8 Å². The predicted octanol–water partition coefficient (Wildman–Crippen LogP) is 4.31. The van der Waals surface area contributed by atoms with Crippen molar-refractivity contribution in [3.05, 3.63) is 87.7 Å². The Morgan fingerprint density at radius 2 is 1.76 bits per heavy atom. The van der Waals surface area contributed by atoms with Crippen LogP contribution in [0, 0.1) is 5.82 Å². The largest absolute Gasteiger partial charge is 0.417 e. The lowest BCUT2D eigenvalue weighted by molar-refractivity contribution is -0.138. The van der Waals surface area contributed by atoms with Crippen molar-refractivity contribution in [2.45, 2.75) is 38.5 Å². The van der Waals surface area contributed by atoms with Crippen LogP contribution < -0.4 is 21.1 Å². The van der Waals surface area contributed by atoms with Gasteiger partial charge in [0.15, 0.2) is 0 Å². The van der Waals surface area contributed by atoms with E-state index in [1.807, 2.05) is 55.0 Å². The van der Waals surface area contributed by atoms with Gasteiger partial charge >= 0.3 is 6.18 Å². The molecule has 1 aromatic carbocycles. The Labute approximate surface area is 240 Å². The number of piperazine rings is 1. The maximum Gasteiger partial charge on any atom is 0.417 e. The van der Waals surface area contributed by atoms with Crippen molar-refractivity contribution < 1.29 is 22.4 Å². The molecule has 4 heterocycles. The number of nitrogens with zero attached hydrogens (tertiary/aromatic N) is 5. The summed E-state index contributed by atoms with van der Waals surface area (Å²) in [7, 11) is 1.99. The molecule has 1 amide bonds. The van der Waals surface area contributed by atoms with Crippen LogP contribution in [-0.2, 0) is 6.18 Å². The van der Waals surface area contributed by atoms with Crippen LogP contribution in [-0.4, -0.2) is 65.7 Å². The van der Waals surface area contributed by atoms with Gasteiger partial charge in [-0.25, -0.2) is 9.37 Å². The highest BCUT2D eigenvalue weighted by Gasteiger charge is 2.37. The quantitative estimate of drug-likeness (QED) is 0.450. The van der Waals surface area contributed by atoms with E-state index in [-0.39, 0.29) is 23.3 Å². The second kappa shape index (κ2) is 11.2. The van der Waals surface area contributed by atoms with E-state index in [0.717, 1.165) is 16.6 Å². The number of pyridine rings is 2. The van der Waals surface area contributed by atoms with Gasteiger partial charge in [0, 0.05) is 62.3 Å². The first-order chi connectivity index (χ1) is 19.8. The molecule has 0 spiro atoms. The minimum Gasteiger partial charge on any atom is -0.367 e. The lowest BCUT2D eigenvalue weighted by Crippen LogP contribution is -2.55. The summed E-state index contributed by atoms with van der Waals surface area (Å²) in [5.74, 6) is -1.05. The molecule has 2 aliphatic rings. The summed E-state index contributed by atoms with van der Waals surface area (Å²) in [6.07, 6.45) is -0.0989.